The van der Waals surface area contributed by atoms with Gasteiger partial charge in [0.1, 0.15) is 6.61 Å². The summed E-state index contributed by atoms with van der Waals surface area (Å²) in [4.78, 5) is 11.0. The zero-order valence-electron chi connectivity index (χ0n) is 11.3. The van der Waals surface area contributed by atoms with Crippen molar-refractivity contribution in [2.24, 2.45) is 0 Å². The highest BCUT2D eigenvalue weighted by atomic mass is 16.6. The molecule has 99 valence electrons. The average Bonchev–Trinajstić information content (AvgIpc) is 2.21. The Morgan fingerprint density at radius 1 is 1.24 bits per heavy atom. The average molecular weight is 244 g/mol. The van der Waals surface area contributed by atoms with Crippen LogP contribution in [-0.4, -0.2) is 41.9 Å². The molecule has 1 radical (unpaired) electrons. The van der Waals surface area contributed by atoms with Gasteiger partial charge in [-0.3, -0.25) is 0 Å². The zero-order chi connectivity index (χ0) is 13.3. The Morgan fingerprint density at radius 2 is 1.71 bits per heavy atom. The molecule has 5 heteroatoms. The van der Waals surface area contributed by atoms with Gasteiger partial charge in [-0.2, -0.15) is 0 Å². The number of carbonyl (C=O) groups is 1. The summed E-state index contributed by atoms with van der Waals surface area (Å²) in [5, 5.41) is 13.2. The summed E-state index contributed by atoms with van der Waals surface area (Å²) >= 11 is 0. The molecular weight excluding hydrogens is 222 g/mol. The Morgan fingerprint density at radius 3 is 2.12 bits per heavy atom. The monoisotopic (exact) mass is 244 g/mol. The minimum atomic E-state index is -0.470. The van der Waals surface area contributed by atoms with Crippen LogP contribution in [-0.2, 0) is 19.5 Å². The van der Waals surface area contributed by atoms with Crippen LogP contribution in [0.4, 0.5) is 0 Å². The topological polar surface area (TPSA) is 58.7 Å². The van der Waals surface area contributed by atoms with E-state index >= 15 is 0 Å². The van der Waals surface area contributed by atoms with Crippen LogP contribution in [0.1, 0.15) is 40.5 Å². The number of hydrogen-bond acceptors (Lipinski definition) is 4. The minimum Gasteiger partial charge on any atom is -0.467 e. The summed E-state index contributed by atoms with van der Waals surface area (Å²) < 4.78 is 10.0. The number of nitrogens with zero attached hydrogens (tertiary/aromatic N) is 1. The van der Waals surface area contributed by atoms with Crippen molar-refractivity contribution in [2.45, 2.75) is 57.7 Å². The lowest BCUT2D eigenvalue weighted by Crippen LogP contribution is -2.60. The van der Waals surface area contributed by atoms with Crippen LogP contribution >= 0.6 is 0 Å². The lowest BCUT2D eigenvalue weighted by Gasteiger charge is -2.49. The van der Waals surface area contributed by atoms with Crippen LogP contribution in [0.25, 0.3) is 0 Å². The first-order valence-electron chi connectivity index (χ1n) is 5.85. The molecule has 0 N–H and O–H groups in total. The van der Waals surface area contributed by atoms with Gasteiger partial charge >= 0.3 is 5.97 Å². The molecule has 1 heterocycles. The lowest BCUT2D eigenvalue weighted by atomic mass is 9.80. The molecule has 0 amide bonds. The van der Waals surface area contributed by atoms with E-state index in [-0.39, 0.29) is 18.7 Å². The maximum Gasteiger partial charge on any atom is 0.331 e. The maximum absolute atomic E-state index is 12.1. The number of piperidine rings is 1. The molecule has 0 aliphatic carbocycles. The fraction of sp³-hybridized carbons (Fsp3) is 0.917. The largest absolute Gasteiger partial charge is 0.467 e. The van der Waals surface area contributed by atoms with Crippen LogP contribution in [0.3, 0.4) is 0 Å². The van der Waals surface area contributed by atoms with Gasteiger partial charge in [0.05, 0.1) is 13.2 Å². The predicted octanol–water partition coefficient (Wildman–Crippen LogP) is 1.54. The van der Waals surface area contributed by atoms with Crippen molar-refractivity contribution in [2.75, 3.05) is 13.7 Å². The second-order valence-electron chi connectivity index (χ2n) is 5.84. The van der Waals surface area contributed by atoms with Gasteiger partial charge in [0.2, 0.25) is 0 Å². The van der Waals surface area contributed by atoms with Gasteiger partial charge in [0.25, 0.3) is 0 Å². The number of methoxy groups -OCH3 is 1. The van der Waals surface area contributed by atoms with E-state index in [4.69, 9.17) is 4.74 Å². The fourth-order valence-corrected chi connectivity index (χ4v) is 2.53. The Bertz CT molecular complexity index is 270. The molecule has 0 aromatic rings. The first-order valence-corrected chi connectivity index (χ1v) is 5.85. The van der Waals surface area contributed by atoms with E-state index < -0.39 is 11.1 Å². The quantitative estimate of drug-likeness (QED) is 0.707. The molecular formula is C12H22NO4. The molecule has 5 nitrogen and oxygen atoms in total. The molecule has 0 aromatic heterocycles. The first kappa shape index (κ1) is 14.4. The van der Waals surface area contributed by atoms with Crippen molar-refractivity contribution in [3.05, 3.63) is 0 Å². The first-order chi connectivity index (χ1) is 7.69. The maximum atomic E-state index is 12.1. The van der Waals surface area contributed by atoms with Crippen molar-refractivity contribution < 1.29 is 19.5 Å². The van der Waals surface area contributed by atoms with Crippen molar-refractivity contribution in [3.8, 4) is 0 Å². The third-order valence-electron chi connectivity index (χ3n) is 3.22. The molecule has 17 heavy (non-hydrogen) atoms. The SMILES string of the molecule is COC(=O)COC1CC(C)(C)N([O])C(C)(C)C1. The molecule has 0 unspecified atom stereocenters. The van der Waals surface area contributed by atoms with Crippen molar-refractivity contribution in [1.82, 2.24) is 5.06 Å². The molecule has 1 aliphatic rings. The van der Waals surface area contributed by atoms with E-state index in [1.54, 1.807) is 0 Å². The molecule has 0 bridgehead atoms. The second kappa shape index (κ2) is 4.92. The molecule has 1 aliphatic heterocycles. The Kier molecular flexibility index (Phi) is 4.17. The van der Waals surface area contributed by atoms with Gasteiger partial charge in [-0.05, 0) is 40.5 Å². The highest BCUT2D eigenvalue weighted by Gasteiger charge is 2.46. The third-order valence-corrected chi connectivity index (χ3v) is 3.22. The Labute approximate surface area is 103 Å². The number of ether oxygens (including phenoxy) is 2. The van der Waals surface area contributed by atoms with Gasteiger partial charge in [-0.15, -0.1) is 10.3 Å². The van der Waals surface area contributed by atoms with Crippen molar-refractivity contribution >= 4 is 5.97 Å². The molecule has 0 aromatic carbocycles. The second-order valence-corrected chi connectivity index (χ2v) is 5.84. The van der Waals surface area contributed by atoms with Gasteiger partial charge in [0.15, 0.2) is 0 Å². The highest BCUT2D eigenvalue weighted by molar-refractivity contribution is 5.70. The summed E-state index contributed by atoms with van der Waals surface area (Å²) in [5.41, 5.74) is -0.939. The van der Waals surface area contributed by atoms with E-state index in [0.29, 0.717) is 12.8 Å². The number of rotatable bonds is 3. The predicted molar refractivity (Wildman–Crippen MR) is 61.7 cm³/mol. The smallest absolute Gasteiger partial charge is 0.331 e. The van der Waals surface area contributed by atoms with Gasteiger partial charge in [-0.1, -0.05) is 0 Å². The number of hydrogen-bond donors (Lipinski definition) is 0. The molecule has 0 saturated carbocycles. The van der Waals surface area contributed by atoms with Crippen LogP contribution in [0.15, 0.2) is 0 Å². The summed E-state index contributed by atoms with van der Waals surface area (Å²) in [6.07, 6.45) is 1.16. The number of carbonyl (C=O) groups excluding carboxylic acids is 1. The zero-order valence-corrected chi connectivity index (χ0v) is 11.3. The Balaban J connectivity index is 2.62. The van der Waals surface area contributed by atoms with Crippen molar-refractivity contribution in [1.29, 1.82) is 0 Å². The fourth-order valence-electron chi connectivity index (χ4n) is 2.53. The van der Waals surface area contributed by atoms with Crippen LogP contribution in [0.2, 0.25) is 0 Å². The molecule has 1 saturated heterocycles. The standard InChI is InChI=1S/C12H22NO4/c1-11(2)6-9(17-8-10(14)16-5)7-12(3,4)13(11)15/h9H,6-8H2,1-5H3. The Hall–Kier alpha value is -0.650. The van der Waals surface area contributed by atoms with Crippen molar-refractivity contribution in [3.63, 3.8) is 0 Å². The molecule has 1 fully saturated rings. The van der Waals surface area contributed by atoms with E-state index in [0.717, 1.165) is 5.06 Å². The number of esters is 1. The summed E-state index contributed by atoms with van der Waals surface area (Å²) in [7, 11) is 1.33. The minimum absolute atomic E-state index is 0.0494. The van der Waals surface area contributed by atoms with E-state index in [1.807, 2.05) is 27.7 Å². The van der Waals surface area contributed by atoms with Gasteiger partial charge in [0, 0.05) is 11.1 Å². The molecule has 0 atom stereocenters. The van der Waals surface area contributed by atoms with Gasteiger partial charge in [-0.25, -0.2) is 4.79 Å². The molecule has 1 rings (SSSR count). The normalized spacial score (nSPS) is 24.6. The third kappa shape index (κ3) is 3.40. The summed E-state index contributed by atoms with van der Waals surface area (Å²) in [6, 6.07) is 0. The number of hydroxylamine groups is 2. The van der Waals surface area contributed by atoms with E-state index in [9.17, 15) is 10.0 Å². The molecule has 0 spiro atoms. The lowest BCUT2D eigenvalue weighted by molar-refractivity contribution is -0.301. The van der Waals surface area contributed by atoms with E-state index in [1.165, 1.54) is 7.11 Å². The summed E-state index contributed by atoms with van der Waals surface area (Å²) in [6.45, 7) is 7.54. The van der Waals surface area contributed by atoms with Gasteiger partial charge < -0.3 is 9.47 Å². The summed E-state index contributed by atoms with van der Waals surface area (Å²) in [5.74, 6) is -0.384. The van der Waals surface area contributed by atoms with Crippen LogP contribution in [0, 0.1) is 0 Å². The van der Waals surface area contributed by atoms with Crippen LogP contribution in [0.5, 0.6) is 0 Å². The van der Waals surface area contributed by atoms with Crippen LogP contribution < -0.4 is 0 Å². The highest BCUT2D eigenvalue weighted by Crippen LogP contribution is 2.38. The van der Waals surface area contributed by atoms with E-state index in [2.05, 4.69) is 4.74 Å².